The lowest BCUT2D eigenvalue weighted by Crippen LogP contribution is -2.27. The number of aromatic carboxylic acids is 1. The van der Waals surface area contributed by atoms with Gasteiger partial charge in [-0.15, -0.1) is 0 Å². The fourth-order valence-corrected chi connectivity index (χ4v) is 2.87. The minimum absolute atomic E-state index is 0.00668. The quantitative estimate of drug-likeness (QED) is 0.857. The van der Waals surface area contributed by atoms with Gasteiger partial charge >= 0.3 is 5.97 Å². The molecule has 0 atom stereocenters. The van der Waals surface area contributed by atoms with Crippen LogP contribution in [0.5, 0.6) is 0 Å². The molecule has 1 amide bonds. The van der Waals surface area contributed by atoms with Crippen LogP contribution in [-0.4, -0.2) is 23.5 Å². The Hall–Kier alpha value is -2.62. The van der Waals surface area contributed by atoms with Gasteiger partial charge in [-0.05, 0) is 61.6 Å². The van der Waals surface area contributed by atoms with E-state index in [4.69, 9.17) is 5.11 Å². The zero-order chi connectivity index (χ0) is 17.7. The van der Waals surface area contributed by atoms with Gasteiger partial charge in [-0.25, -0.2) is 4.79 Å². The molecule has 2 N–H and O–H groups in total. The SMILES string of the molecule is Cc1cc(C)c(CC(=O)NCCc2ccc(C(=O)O)cc2)c(C)c1. The van der Waals surface area contributed by atoms with Crippen LogP contribution in [0.3, 0.4) is 0 Å². The Morgan fingerprint density at radius 3 is 2.12 bits per heavy atom. The van der Waals surface area contributed by atoms with Crippen molar-refractivity contribution in [3.05, 3.63) is 69.8 Å². The van der Waals surface area contributed by atoms with Gasteiger partial charge in [-0.2, -0.15) is 0 Å². The Morgan fingerprint density at radius 1 is 1.00 bits per heavy atom. The Kier molecular flexibility index (Phi) is 5.74. The van der Waals surface area contributed by atoms with E-state index in [0.717, 1.165) is 22.3 Å². The van der Waals surface area contributed by atoms with Crippen LogP contribution in [0.15, 0.2) is 36.4 Å². The van der Waals surface area contributed by atoms with E-state index in [1.54, 1.807) is 24.3 Å². The van der Waals surface area contributed by atoms with Crippen LogP contribution in [0.2, 0.25) is 0 Å². The first-order valence-corrected chi connectivity index (χ1v) is 8.02. The molecule has 0 fully saturated rings. The number of carboxylic acid groups (broad SMARTS) is 1. The topological polar surface area (TPSA) is 66.4 Å². The van der Waals surface area contributed by atoms with Gasteiger partial charge in [0.05, 0.1) is 12.0 Å². The lowest BCUT2D eigenvalue weighted by molar-refractivity contribution is -0.120. The first kappa shape index (κ1) is 17.7. The highest BCUT2D eigenvalue weighted by Crippen LogP contribution is 2.16. The maximum Gasteiger partial charge on any atom is 0.335 e. The number of carbonyl (C=O) groups excluding carboxylic acids is 1. The van der Waals surface area contributed by atoms with Gasteiger partial charge in [0, 0.05) is 6.54 Å². The van der Waals surface area contributed by atoms with E-state index < -0.39 is 5.97 Å². The third kappa shape index (κ3) is 4.69. The van der Waals surface area contributed by atoms with Crippen LogP contribution in [0, 0.1) is 20.8 Å². The molecule has 0 saturated carbocycles. The molecular weight excluding hydrogens is 302 g/mol. The summed E-state index contributed by atoms with van der Waals surface area (Å²) in [7, 11) is 0. The van der Waals surface area contributed by atoms with Crippen molar-refractivity contribution < 1.29 is 14.7 Å². The Morgan fingerprint density at radius 2 is 1.58 bits per heavy atom. The fraction of sp³-hybridized carbons (Fsp3) is 0.300. The van der Waals surface area contributed by atoms with Crippen LogP contribution in [0.25, 0.3) is 0 Å². The van der Waals surface area contributed by atoms with Crippen LogP contribution in [0.4, 0.5) is 0 Å². The van der Waals surface area contributed by atoms with Gasteiger partial charge in [0.1, 0.15) is 0 Å². The van der Waals surface area contributed by atoms with Gasteiger partial charge in [0.2, 0.25) is 5.91 Å². The van der Waals surface area contributed by atoms with Crippen LogP contribution >= 0.6 is 0 Å². The van der Waals surface area contributed by atoms with E-state index in [9.17, 15) is 9.59 Å². The third-order valence-corrected chi connectivity index (χ3v) is 4.11. The standard InChI is InChI=1S/C20H23NO3/c1-13-10-14(2)18(15(3)11-13)12-19(22)21-9-8-16-4-6-17(7-5-16)20(23)24/h4-7,10-11H,8-9,12H2,1-3H3,(H,21,22)(H,23,24). The Bertz CT molecular complexity index is 725. The normalized spacial score (nSPS) is 10.5. The van der Waals surface area contributed by atoms with E-state index in [1.165, 1.54) is 5.56 Å². The molecule has 0 aliphatic heterocycles. The van der Waals surface area contributed by atoms with Crippen molar-refractivity contribution in [2.75, 3.05) is 6.54 Å². The molecule has 2 rings (SSSR count). The van der Waals surface area contributed by atoms with Crippen molar-refractivity contribution >= 4 is 11.9 Å². The molecule has 2 aromatic rings. The third-order valence-electron chi connectivity index (χ3n) is 4.11. The second kappa shape index (κ2) is 7.77. The highest BCUT2D eigenvalue weighted by atomic mass is 16.4. The monoisotopic (exact) mass is 325 g/mol. The number of hydrogen-bond donors (Lipinski definition) is 2. The second-order valence-corrected chi connectivity index (χ2v) is 6.16. The number of hydrogen-bond acceptors (Lipinski definition) is 2. The van der Waals surface area contributed by atoms with E-state index in [0.29, 0.717) is 19.4 Å². The molecule has 0 aliphatic carbocycles. The molecule has 0 aromatic heterocycles. The predicted octanol–water partition coefficient (Wildman–Crippen LogP) is 3.21. The molecule has 24 heavy (non-hydrogen) atoms. The van der Waals surface area contributed by atoms with Crippen molar-refractivity contribution in [3.63, 3.8) is 0 Å². The maximum atomic E-state index is 12.1. The van der Waals surface area contributed by atoms with E-state index in [2.05, 4.69) is 24.4 Å². The number of aryl methyl sites for hydroxylation is 3. The lowest BCUT2D eigenvalue weighted by Gasteiger charge is -2.11. The average molecular weight is 325 g/mol. The van der Waals surface area contributed by atoms with E-state index in [1.807, 2.05) is 13.8 Å². The summed E-state index contributed by atoms with van der Waals surface area (Å²) in [6.07, 6.45) is 1.06. The summed E-state index contributed by atoms with van der Waals surface area (Å²) in [6.45, 7) is 6.66. The zero-order valence-electron chi connectivity index (χ0n) is 14.3. The van der Waals surface area contributed by atoms with Crippen LogP contribution in [-0.2, 0) is 17.6 Å². The number of rotatable bonds is 6. The molecule has 2 aromatic carbocycles. The average Bonchev–Trinajstić information content (AvgIpc) is 2.51. The van der Waals surface area contributed by atoms with Crippen molar-refractivity contribution in [3.8, 4) is 0 Å². The summed E-state index contributed by atoms with van der Waals surface area (Å²) in [5.74, 6) is -0.925. The van der Waals surface area contributed by atoms with E-state index in [-0.39, 0.29) is 11.5 Å². The summed E-state index contributed by atoms with van der Waals surface area (Å²) >= 11 is 0. The number of nitrogens with one attached hydrogen (secondary N) is 1. The fourth-order valence-electron chi connectivity index (χ4n) is 2.87. The number of benzene rings is 2. The van der Waals surface area contributed by atoms with Crippen molar-refractivity contribution in [2.45, 2.75) is 33.6 Å². The number of amides is 1. The van der Waals surface area contributed by atoms with Gasteiger partial charge in [0.15, 0.2) is 0 Å². The molecule has 4 heteroatoms. The maximum absolute atomic E-state index is 12.1. The molecule has 0 aliphatic rings. The highest BCUT2D eigenvalue weighted by Gasteiger charge is 2.09. The summed E-state index contributed by atoms with van der Waals surface area (Å²) in [5, 5.41) is 11.8. The summed E-state index contributed by atoms with van der Waals surface area (Å²) in [4.78, 5) is 23.0. The van der Waals surface area contributed by atoms with Gasteiger partial charge in [0.25, 0.3) is 0 Å². The highest BCUT2D eigenvalue weighted by molar-refractivity contribution is 5.87. The van der Waals surface area contributed by atoms with Crippen molar-refractivity contribution in [1.29, 1.82) is 0 Å². The second-order valence-electron chi connectivity index (χ2n) is 6.16. The molecule has 0 spiro atoms. The molecule has 0 radical (unpaired) electrons. The minimum Gasteiger partial charge on any atom is -0.478 e. The summed E-state index contributed by atoms with van der Waals surface area (Å²) in [5.41, 5.74) is 5.86. The molecule has 126 valence electrons. The first-order chi connectivity index (χ1) is 11.4. The van der Waals surface area contributed by atoms with Gasteiger partial charge < -0.3 is 10.4 Å². The first-order valence-electron chi connectivity index (χ1n) is 8.02. The minimum atomic E-state index is -0.932. The van der Waals surface area contributed by atoms with Gasteiger partial charge in [-0.1, -0.05) is 29.8 Å². The Labute approximate surface area is 142 Å². The molecule has 0 bridgehead atoms. The van der Waals surface area contributed by atoms with Gasteiger partial charge in [-0.3, -0.25) is 4.79 Å². The molecule has 0 saturated heterocycles. The number of carbonyl (C=O) groups is 2. The predicted molar refractivity (Wildman–Crippen MR) is 94.5 cm³/mol. The largest absolute Gasteiger partial charge is 0.478 e. The number of carboxylic acids is 1. The summed E-state index contributed by atoms with van der Waals surface area (Å²) < 4.78 is 0. The lowest BCUT2D eigenvalue weighted by atomic mass is 9.97. The van der Waals surface area contributed by atoms with Crippen LogP contribution < -0.4 is 5.32 Å². The zero-order valence-corrected chi connectivity index (χ0v) is 14.3. The Balaban J connectivity index is 1.86. The van der Waals surface area contributed by atoms with E-state index >= 15 is 0 Å². The molecule has 0 heterocycles. The van der Waals surface area contributed by atoms with Crippen molar-refractivity contribution in [1.82, 2.24) is 5.32 Å². The van der Waals surface area contributed by atoms with Crippen LogP contribution in [0.1, 0.15) is 38.2 Å². The molecule has 4 nitrogen and oxygen atoms in total. The van der Waals surface area contributed by atoms with Crippen molar-refractivity contribution in [2.24, 2.45) is 0 Å². The summed E-state index contributed by atoms with van der Waals surface area (Å²) in [6, 6.07) is 10.9. The molecule has 0 unspecified atom stereocenters. The molecular formula is C20H23NO3. The smallest absolute Gasteiger partial charge is 0.335 e.